The second-order valence-electron chi connectivity index (χ2n) is 6.83. The van der Waals surface area contributed by atoms with Crippen LogP contribution in [0.2, 0.25) is 0 Å². The molecule has 0 bridgehead atoms. The fourth-order valence-electron chi connectivity index (χ4n) is 3.13. The van der Waals surface area contributed by atoms with E-state index < -0.39 is 16.7 Å². The van der Waals surface area contributed by atoms with Crippen LogP contribution in [-0.2, 0) is 16.3 Å². The molecule has 166 valence electrons. The van der Waals surface area contributed by atoms with Gasteiger partial charge >= 0.3 is 11.8 Å². The average molecular weight is 438 g/mol. The Morgan fingerprint density at radius 3 is 2.41 bits per heavy atom. The van der Waals surface area contributed by atoms with Crippen LogP contribution in [0, 0.1) is 10.1 Å². The second kappa shape index (κ2) is 9.79. The van der Waals surface area contributed by atoms with Crippen LogP contribution >= 0.6 is 0 Å². The highest BCUT2D eigenvalue weighted by atomic mass is 16.6. The van der Waals surface area contributed by atoms with E-state index in [1.165, 1.54) is 24.3 Å². The van der Waals surface area contributed by atoms with Gasteiger partial charge in [-0.3, -0.25) is 29.2 Å². The maximum absolute atomic E-state index is 12.1. The van der Waals surface area contributed by atoms with Gasteiger partial charge in [-0.25, -0.2) is 0 Å². The fourth-order valence-corrected chi connectivity index (χ4v) is 3.13. The molecule has 0 aliphatic heterocycles. The van der Waals surface area contributed by atoms with Gasteiger partial charge in [-0.15, -0.1) is 10.2 Å². The lowest BCUT2D eigenvalue weighted by Gasteiger charge is -2.19. The zero-order valence-electron chi connectivity index (χ0n) is 17.6. The van der Waals surface area contributed by atoms with Crippen molar-refractivity contribution in [1.82, 2.24) is 9.47 Å². The molecule has 0 fully saturated rings. The first-order chi connectivity index (χ1) is 15.3. The van der Waals surface area contributed by atoms with Gasteiger partial charge in [0.25, 0.3) is 5.69 Å². The fraction of sp³-hybridized carbons (Fsp3) is 0.238. The van der Waals surface area contributed by atoms with E-state index in [1.54, 1.807) is 16.7 Å². The minimum Gasteiger partial charge on any atom is -0.493 e. The summed E-state index contributed by atoms with van der Waals surface area (Å²) < 4.78 is 1.66. The van der Waals surface area contributed by atoms with Crippen LogP contribution in [0.3, 0.4) is 0 Å². The summed E-state index contributed by atoms with van der Waals surface area (Å²) in [5.74, 6) is -2.40. The Bertz CT molecular complexity index is 1180. The third-order valence-corrected chi connectivity index (χ3v) is 4.92. The molecule has 0 saturated carbocycles. The van der Waals surface area contributed by atoms with Crippen molar-refractivity contribution in [2.24, 2.45) is 10.2 Å². The number of aromatic hydroxyl groups is 1. The molecule has 3 aromatic rings. The summed E-state index contributed by atoms with van der Waals surface area (Å²) in [5, 5.41) is 31.6. The molecule has 2 aromatic carbocycles. The number of non-ortho nitro benzene ring substituents is 1. The quantitative estimate of drug-likeness (QED) is 0.249. The van der Waals surface area contributed by atoms with E-state index in [2.05, 4.69) is 20.4 Å². The van der Waals surface area contributed by atoms with Crippen molar-refractivity contribution in [1.29, 1.82) is 0 Å². The maximum Gasteiger partial charge on any atom is 0.353 e. The number of carbonyl (C=O) groups is 2. The van der Waals surface area contributed by atoms with Crippen molar-refractivity contribution >= 4 is 39.8 Å². The summed E-state index contributed by atoms with van der Waals surface area (Å²) in [6, 6.07) is 12.1. The number of anilines is 1. The molecule has 0 saturated heterocycles. The number of benzene rings is 2. The largest absolute Gasteiger partial charge is 0.493 e. The zero-order chi connectivity index (χ0) is 23.3. The van der Waals surface area contributed by atoms with Crippen molar-refractivity contribution in [2.75, 3.05) is 18.4 Å². The van der Waals surface area contributed by atoms with Gasteiger partial charge in [-0.1, -0.05) is 32.0 Å². The van der Waals surface area contributed by atoms with Gasteiger partial charge in [0.2, 0.25) is 5.88 Å². The van der Waals surface area contributed by atoms with E-state index in [0.29, 0.717) is 17.6 Å². The molecule has 2 amide bonds. The number of hydrogen-bond acceptors (Lipinski definition) is 7. The predicted octanol–water partition coefficient (Wildman–Crippen LogP) is 3.80. The maximum atomic E-state index is 12.1. The van der Waals surface area contributed by atoms with E-state index in [0.717, 1.165) is 13.1 Å². The van der Waals surface area contributed by atoms with Crippen LogP contribution in [0.5, 0.6) is 5.88 Å². The van der Waals surface area contributed by atoms with Gasteiger partial charge < -0.3 is 10.4 Å². The van der Waals surface area contributed by atoms with Crippen LogP contribution in [0.25, 0.3) is 10.9 Å². The predicted molar refractivity (Wildman–Crippen MR) is 118 cm³/mol. The molecule has 11 nitrogen and oxygen atoms in total. The molecule has 0 aliphatic rings. The van der Waals surface area contributed by atoms with Crippen LogP contribution in [0.4, 0.5) is 17.1 Å². The van der Waals surface area contributed by atoms with Crippen molar-refractivity contribution in [2.45, 2.75) is 20.5 Å². The number of amides is 2. The number of nitrogens with zero attached hydrogens (tertiary/aromatic N) is 5. The average Bonchev–Trinajstić information content (AvgIpc) is 3.06. The summed E-state index contributed by atoms with van der Waals surface area (Å²) >= 11 is 0. The standard InChI is InChI=1S/C21H22N6O5/c1-3-25(4-2)13-26-17-8-6-5-7-16(17)18(21(26)30)23-24-20(29)19(28)22-14-9-11-15(12-10-14)27(31)32/h5-12,30H,3-4,13H2,1-2H3,(H,22,28). The third-order valence-electron chi connectivity index (χ3n) is 4.92. The Morgan fingerprint density at radius 1 is 1.12 bits per heavy atom. The van der Waals surface area contributed by atoms with Crippen molar-refractivity contribution in [3.63, 3.8) is 0 Å². The Labute approximate surface area is 183 Å². The molecule has 11 heteroatoms. The number of carbonyl (C=O) groups excluding carboxylic acids is 2. The molecule has 32 heavy (non-hydrogen) atoms. The summed E-state index contributed by atoms with van der Waals surface area (Å²) in [7, 11) is 0. The van der Waals surface area contributed by atoms with E-state index in [-0.39, 0.29) is 22.9 Å². The number of fused-ring (bicyclic) bond motifs is 1. The first-order valence-electron chi connectivity index (χ1n) is 9.89. The van der Waals surface area contributed by atoms with Crippen LogP contribution in [0.1, 0.15) is 13.8 Å². The van der Waals surface area contributed by atoms with Crippen molar-refractivity contribution < 1.29 is 19.6 Å². The molecule has 0 atom stereocenters. The van der Waals surface area contributed by atoms with Crippen molar-refractivity contribution in [3.05, 3.63) is 58.6 Å². The number of nitro benzene ring substituents is 1. The Balaban J connectivity index is 1.81. The summed E-state index contributed by atoms with van der Waals surface area (Å²) in [4.78, 5) is 36.5. The summed E-state index contributed by atoms with van der Waals surface area (Å²) in [6.07, 6.45) is 0. The third kappa shape index (κ3) is 4.78. The number of nitrogens with one attached hydrogen (secondary N) is 1. The minimum atomic E-state index is -1.18. The van der Waals surface area contributed by atoms with E-state index in [1.807, 2.05) is 26.0 Å². The number of aromatic nitrogens is 1. The number of nitro groups is 1. The molecular formula is C21H22N6O5. The number of azo groups is 1. The van der Waals surface area contributed by atoms with E-state index in [9.17, 15) is 24.8 Å². The van der Waals surface area contributed by atoms with Gasteiger partial charge in [-0.05, 0) is 31.3 Å². The lowest BCUT2D eigenvalue weighted by atomic mass is 10.2. The molecule has 0 radical (unpaired) electrons. The Hall–Kier alpha value is -4.12. The lowest BCUT2D eigenvalue weighted by Crippen LogP contribution is -2.25. The monoisotopic (exact) mass is 438 g/mol. The summed E-state index contributed by atoms with van der Waals surface area (Å²) in [5.41, 5.74) is 0.853. The van der Waals surface area contributed by atoms with E-state index >= 15 is 0 Å². The molecule has 3 rings (SSSR count). The SMILES string of the molecule is CCN(CC)Cn1c(O)c(N=NC(=O)C(=O)Nc2ccc([N+](=O)[O-])cc2)c2ccccc21. The number of para-hydroxylation sites is 1. The highest BCUT2D eigenvalue weighted by molar-refractivity contribution is 6.40. The van der Waals surface area contributed by atoms with Crippen LogP contribution < -0.4 is 5.32 Å². The summed E-state index contributed by atoms with van der Waals surface area (Å²) in [6.45, 7) is 5.99. The highest BCUT2D eigenvalue weighted by Crippen LogP contribution is 2.38. The van der Waals surface area contributed by atoms with Crippen LogP contribution in [-0.4, -0.2) is 44.4 Å². The first-order valence-corrected chi connectivity index (χ1v) is 9.89. The molecule has 0 aliphatic carbocycles. The molecule has 2 N–H and O–H groups in total. The van der Waals surface area contributed by atoms with Crippen molar-refractivity contribution in [3.8, 4) is 5.88 Å². The van der Waals surface area contributed by atoms with Crippen LogP contribution in [0.15, 0.2) is 58.8 Å². The van der Waals surface area contributed by atoms with Gasteiger partial charge in [0.15, 0.2) is 5.69 Å². The molecule has 1 aromatic heterocycles. The molecular weight excluding hydrogens is 416 g/mol. The number of hydrogen-bond donors (Lipinski definition) is 2. The highest BCUT2D eigenvalue weighted by Gasteiger charge is 2.19. The Kier molecular flexibility index (Phi) is 6.90. The second-order valence-corrected chi connectivity index (χ2v) is 6.83. The number of rotatable bonds is 7. The van der Waals surface area contributed by atoms with Gasteiger partial charge in [0.05, 0.1) is 17.1 Å². The Morgan fingerprint density at radius 2 is 1.78 bits per heavy atom. The zero-order valence-corrected chi connectivity index (χ0v) is 17.6. The smallest absolute Gasteiger partial charge is 0.353 e. The first kappa shape index (κ1) is 22.6. The molecule has 0 unspecified atom stereocenters. The molecule has 0 spiro atoms. The van der Waals surface area contributed by atoms with Gasteiger partial charge in [-0.2, -0.15) is 0 Å². The van der Waals surface area contributed by atoms with Gasteiger partial charge in [0, 0.05) is 23.2 Å². The van der Waals surface area contributed by atoms with E-state index in [4.69, 9.17) is 0 Å². The van der Waals surface area contributed by atoms with Gasteiger partial charge in [0.1, 0.15) is 0 Å². The molecule has 1 heterocycles. The lowest BCUT2D eigenvalue weighted by molar-refractivity contribution is -0.384. The normalized spacial score (nSPS) is 11.3. The topological polar surface area (TPSA) is 142 Å². The minimum absolute atomic E-state index is 0.0873.